The summed E-state index contributed by atoms with van der Waals surface area (Å²) in [5, 5.41) is 13.6. The molecule has 2 N–H and O–H groups in total. The van der Waals surface area contributed by atoms with E-state index >= 15 is 0 Å². The summed E-state index contributed by atoms with van der Waals surface area (Å²) >= 11 is 0. The number of fused-ring (bicyclic) bond motifs is 1. The topological polar surface area (TPSA) is 83.9 Å². The zero-order valence-electron chi connectivity index (χ0n) is 21.2. The van der Waals surface area contributed by atoms with Crippen molar-refractivity contribution in [2.24, 2.45) is 0 Å². The van der Waals surface area contributed by atoms with Gasteiger partial charge in [-0.25, -0.2) is 0 Å². The number of pyridine rings is 1. The van der Waals surface area contributed by atoms with Gasteiger partial charge in [-0.1, -0.05) is 24.3 Å². The normalized spacial score (nSPS) is 21.6. The van der Waals surface area contributed by atoms with E-state index in [-0.39, 0.29) is 6.10 Å². The smallest absolute Gasteiger partial charge is 0.325 e. The van der Waals surface area contributed by atoms with Gasteiger partial charge in [-0.05, 0) is 80.5 Å². The molecule has 2 saturated heterocycles. The van der Waals surface area contributed by atoms with Crippen molar-refractivity contribution in [3.63, 3.8) is 0 Å². The Bertz CT molecular complexity index is 1020. The maximum Gasteiger partial charge on any atom is 0.325 e. The van der Waals surface area contributed by atoms with Crippen LogP contribution < -0.4 is 5.32 Å². The Hall–Kier alpha value is -2.48. The van der Waals surface area contributed by atoms with Crippen LogP contribution in [0.3, 0.4) is 0 Å². The van der Waals surface area contributed by atoms with Gasteiger partial charge in [0.25, 0.3) is 0 Å². The number of hydrogen-bond donors (Lipinski definition) is 2. The second kappa shape index (κ2) is 12.2. The van der Waals surface area contributed by atoms with Gasteiger partial charge in [-0.3, -0.25) is 14.7 Å². The molecule has 0 aliphatic carbocycles. The average Bonchev–Trinajstić information content (AvgIpc) is 3.37. The third-order valence-electron chi connectivity index (χ3n) is 7.85. The highest BCUT2D eigenvalue weighted by Crippen LogP contribution is 2.36. The summed E-state index contributed by atoms with van der Waals surface area (Å²) in [6.07, 6.45) is 8.09. The fourth-order valence-electron chi connectivity index (χ4n) is 5.93. The molecule has 0 saturated carbocycles. The number of hydrogen-bond acceptors (Lipinski definition) is 6. The molecule has 0 spiro atoms. The maximum atomic E-state index is 12.4. The number of aliphatic carboxylic acids is 1. The van der Waals surface area contributed by atoms with Crippen molar-refractivity contribution in [3.05, 3.63) is 58.9 Å². The lowest BCUT2D eigenvalue weighted by molar-refractivity contribution is -0.143. The van der Waals surface area contributed by atoms with Crippen LogP contribution in [0.2, 0.25) is 0 Å². The minimum atomic E-state index is -0.775. The first-order valence-electron chi connectivity index (χ1n) is 13.7. The minimum absolute atomic E-state index is 0.0926. The van der Waals surface area contributed by atoms with E-state index < -0.39 is 12.0 Å². The first-order chi connectivity index (χ1) is 17.7. The fourth-order valence-corrected chi connectivity index (χ4v) is 5.93. The molecule has 0 radical (unpaired) electrons. The van der Waals surface area contributed by atoms with Crippen LogP contribution in [0.4, 0.5) is 5.69 Å². The number of rotatable bonds is 10. The lowest BCUT2D eigenvalue weighted by Gasteiger charge is -2.30. The molecule has 1 aromatic carbocycles. The zero-order valence-corrected chi connectivity index (χ0v) is 21.2. The lowest BCUT2D eigenvalue weighted by Crippen LogP contribution is -2.34. The van der Waals surface area contributed by atoms with Gasteiger partial charge in [0.1, 0.15) is 6.04 Å². The molecule has 2 atom stereocenters. The molecule has 5 rings (SSSR count). The van der Waals surface area contributed by atoms with Gasteiger partial charge in [0.2, 0.25) is 0 Å². The molecule has 4 heterocycles. The largest absolute Gasteiger partial charge is 0.480 e. The van der Waals surface area contributed by atoms with E-state index in [1.165, 1.54) is 16.9 Å². The van der Waals surface area contributed by atoms with Crippen LogP contribution >= 0.6 is 0 Å². The van der Waals surface area contributed by atoms with Crippen molar-refractivity contribution in [1.29, 1.82) is 0 Å². The minimum Gasteiger partial charge on any atom is -0.480 e. The molecular weight excluding hydrogens is 454 g/mol. The highest BCUT2D eigenvalue weighted by atomic mass is 16.5. The van der Waals surface area contributed by atoms with Crippen molar-refractivity contribution in [3.8, 4) is 0 Å². The van der Waals surface area contributed by atoms with E-state index in [0.29, 0.717) is 19.1 Å². The van der Waals surface area contributed by atoms with Gasteiger partial charge in [-0.2, -0.15) is 0 Å². The number of likely N-dealkylation sites (tertiary alicyclic amines) is 1. The maximum absolute atomic E-state index is 12.4. The number of aryl methyl sites for hydroxylation is 2. The standard InChI is InChI=1S/C29H39N3O4/c33-29(34)28(25-8-2-1-7-24(25)21-13-18-35-19-14-21)32-16-12-23(20-32)36-17-4-3-6-22-10-11-26-27(31-22)9-5-15-30-26/h1-2,7-8,10-11,21,23,28,30H,3-6,9,12-20H2,(H,33,34)/t23-,28?/m1/s1. The molecular formula is C29H39N3O4. The third kappa shape index (κ3) is 6.07. The van der Waals surface area contributed by atoms with Crippen molar-refractivity contribution < 1.29 is 19.4 Å². The predicted octanol–water partition coefficient (Wildman–Crippen LogP) is 4.57. The fraction of sp³-hybridized carbons (Fsp3) is 0.586. The number of carboxylic acids is 1. The molecule has 1 unspecified atom stereocenters. The van der Waals surface area contributed by atoms with E-state index in [1.54, 1.807) is 0 Å². The highest BCUT2D eigenvalue weighted by molar-refractivity contribution is 5.76. The van der Waals surface area contributed by atoms with Crippen LogP contribution in [0.25, 0.3) is 0 Å². The molecule has 0 bridgehead atoms. The van der Waals surface area contributed by atoms with Crippen LogP contribution in [-0.4, -0.2) is 66.5 Å². The van der Waals surface area contributed by atoms with E-state index in [4.69, 9.17) is 14.5 Å². The molecule has 2 aromatic rings. The molecule has 36 heavy (non-hydrogen) atoms. The summed E-state index contributed by atoms with van der Waals surface area (Å²) in [5.41, 5.74) is 5.66. The molecule has 7 nitrogen and oxygen atoms in total. The first kappa shape index (κ1) is 25.2. The Morgan fingerprint density at radius 1 is 1.17 bits per heavy atom. The van der Waals surface area contributed by atoms with Gasteiger partial charge >= 0.3 is 5.97 Å². The summed E-state index contributed by atoms with van der Waals surface area (Å²) in [6.45, 7) is 4.66. The Labute approximate surface area is 214 Å². The summed E-state index contributed by atoms with van der Waals surface area (Å²) in [7, 11) is 0. The van der Waals surface area contributed by atoms with E-state index in [0.717, 1.165) is 88.9 Å². The molecule has 2 fully saturated rings. The lowest BCUT2D eigenvalue weighted by atomic mass is 9.85. The molecule has 1 aromatic heterocycles. The van der Waals surface area contributed by atoms with Crippen LogP contribution in [-0.2, 0) is 27.1 Å². The number of nitrogens with one attached hydrogen (secondary N) is 1. The zero-order chi connectivity index (χ0) is 24.7. The van der Waals surface area contributed by atoms with Gasteiger partial charge in [-0.15, -0.1) is 0 Å². The summed E-state index contributed by atoms with van der Waals surface area (Å²) in [5.74, 6) is -0.407. The average molecular weight is 494 g/mol. The van der Waals surface area contributed by atoms with E-state index in [1.807, 2.05) is 18.2 Å². The van der Waals surface area contributed by atoms with Gasteiger partial charge in [0.05, 0.1) is 17.5 Å². The number of ether oxygens (including phenoxy) is 2. The molecule has 194 valence electrons. The number of unbranched alkanes of at least 4 members (excludes halogenated alkanes) is 1. The molecule has 3 aliphatic rings. The summed E-state index contributed by atoms with van der Waals surface area (Å²) in [6, 6.07) is 11.8. The van der Waals surface area contributed by atoms with Crippen LogP contribution in [0.5, 0.6) is 0 Å². The van der Waals surface area contributed by atoms with Crippen molar-refractivity contribution >= 4 is 11.7 Å². The Morgan fingerprint density at radius 3 is 2.89 bits per heavy atom. The van der Waals surface area contributed by atoms with Crippen molar-refractivity contribution in [2.75, 3.05) is 44.8 Å². The molecule has 7 heteroatoms. The Kier molecular flexibility index (Phi) is 8.51. The number of aromatic nitrogens is 1. The van der Waals surface area contributed by atoms with Crippen molar-refractivity contribution in [1.82, 2.24) is 9.88 Å². The third-order valence-corrected chi connectivity index (χ3v) is 7.85. The van der Waals surface area contributed by atoms with Crippen LogP contribution in [0.15, 0.2) is 36.4 Å². The predicted molar refractivity (Wildman–Crippen MR) is 140 cm³/mol. The number of benzene rings is 1. The van der Waals surface area contributed by atoms with Crippen LogP contribution in [0, 0.1) is 0 Å². The van der Waals surface area contributed by atoms with Gasteiger partial charge in [0.15, 0.2) is 0 Å². The summed E-state index contributed by atoms with van der Waals surface area (Å²) in [4.78, 5) is 19.4. The Balaban J connectivity index is 1.11. The number of carbonyl (C=O) groups is 1. The second-order valence-electron chi connectivity index (χ2n) is 10.3. The number of nitrogens with zero attached hydrogens (tertiary/aromatic N) is 2. The van der Waals surface area contributed by atoms with Gasteiger partial charge in [0, 0.05) is 45.1 Å². The van der Waals surface area contributed by atoms with Crippen molar-refractivity contribution in [2.45, 2.75) is 69.4 Å². The van der Waals surface area contributed by atoms with E-state index in [9.17, 15) is 9.90 Å². The van der Waals surface area contributed by atoms with E-state index in [2.05, 4.69) is 28.4 Å². The monoisotopic (exact) mass is 493 g/mol. The summed E-state index contributed by atoms with van der Waals surface area (Å²) < 4.78 is 11.7. The number of carboxylic acid groups (broad SMARTS) is 1. The second-order valence-corrected chi connectivity index (χ2v) is 10.3. The molecule has 3 aliphatic heterocycles. The van der Waals surface area contributed by atoms with Gasteiger partial charge < -0.3 is 19.9 Å². The Morgan fingerprint density at radius 2 is 2.03 bits per heavy atom. The number of anilines is 1. The highest BCUT2D eigenvalue weighted by Gasteiger charge is 2.36. The SMILES string of the molecule is O=C(O)C(c1ccccc1C1CCOCC1)N1CC[C@@H](OCCCCc2ccc3c(n2)CCCN3)C1. The first-order valence-corrected chi connectivity index (χ1v) is 13.7. The quantitative estimate of drug-likeness (QED) is 0.469. The van der Waals surface area contributed by atoms with Crippen LogP contribution in [0.1, 0.15) is 73.0 Å². The molecule has 0 amide bonds.